The summed E-state index contributed by atoms with van der Waals surface area (Å²) >= 11 is 0. The van der Waals surface area contributed by atoms with Gasteiger partial charge in [-0.15, -0.1) is 0 Å². The van der Waals surface area contributed by atoms with E-state index in [0.29, 0.717) is 24.1 Å². The van der Waals surface area contributed by atoms with E-state index in [4.69, 9.17) is 18.5 Å². The van der Waals surface area contributed by atoms with Crippen molar-refractivity contribution in [3.8, 4) is 0 Å². The Balaban J connectivity index is 3.92. The van der Waals surface area contributed by atoms with Crippen LogP contribution >= 0.6 is 7.82 Å². The Bertz CT molecular complexity index is 848. The topological polar surface area (TPSA) is 94.1 Å². The van der Waals surface area contributed by atoms with Gasteiger partial charge in [-0.3, -0.25) is 9.36 Å². The molecule has 0 fully saturated rings. The molecule has 0 aliphatic carbocycles. The number of unbranched alkanes of at least 4 members (excludes halogenated alkanes) is 25. The van der Waals surface area contributed by atoms with E-state index >= 15 is 0 Å². The summed E-state index contributed by atoms with van der Waals surface area (Å²) in [6.07, 6.45) is 39.8. The van der Waals surface area contributed by atoms with Crippen LogP contribution in [0.2, 0.25) is 0 Å². The maximum Gasteiger partial charge on any atom is 0.306 e. The van der Waals surface area contributed by atoms with Crippen LogP contribution in [0.4, 0.5) is 0 Å². The number of hydrogen-bond donors (Lipinski definition) is 0. The van der Waals surface area contributed by atoms with Gasteiger partial charge in [0.2, 0.25) is 0 Å². The molecule has 0 aliphatic heterocycles. The quantitative estimate of drug-likeness (QED) is 0.0201. The number of carbonyl (C=O) groups excluding carboxylic acids is 1. The highest BCUT2D eigenvalue weighted by molar-refractivity contribution is 7.45. The molecule has 0 saturated carbocycles. The zero-order valence-electron chi connectivity index (χ0n) is 35.0. The maximum absolute atomic E-state index is 12.5. The van der Waals surface area contributed by atoms with Crippen LogP contribution in [-0.2, 0) is 27.9 Å². The van der Waals surface area contributed by atoms with E-state index in [1.165, 1.54) is 148 Å². The van der Waals surface area contributed by atoms with E-state index in [2.05, 4.69) is 26.0 Å². The number of hydrogen-bond acceptors (Lipinski definition) is 7. The number of allylic oxidation sites excluding steroid dienone is 2. The highest BCUT2D eigenvalue weighted by Crippen LogP contribution is 2.38. The largest absolute Gasteiger partial charge is 0.756 e. The van der Waals surface area contributed by atoms with E-state index in [1.807, 2.05) is 21.1 Å². The van der Waals surface area contributed by atoms with Gasteiger partial charge >= 0.3 is 5.97 Å². The molecule has 0 aliphatic rings. The van der Waals surface area contributed by atoms with Gasteiger partial charge in [0.1, 0.15) is 19.3 Å². The molecule has 2 unspecified atom stereocenters. The molecular formula is C43H86NO7P. The smallest absolute Gasteiger partial charge is 0.306 e. The van der Waals surface area contributed by atoms with Crippen molar-refractivity contribution in [1.29, 1.82) is 0 Å². The lowest BCUT2D eigenvalue weighted by Gasteiger charge is -2.28. The van der Waals surface area contributed by atoms with Crippen molar-refractivity contribution in [2.45, 2.75) is 206 Å². The van der Waals surface area contributed by atoms with Gasteiger partial charge in [-0.05, 0) is 38.5 Å². The summed E-state index contributed by atoms with van der Waals surface area (Å²) < 4.78 is 34.4. The van der Waals surface area contributed by atoms with Crippen molar-refractivity contribution < 1.29 is 37.3 Å². The summed E-state index contributed by atoms with van der Waals surface area (Å²) in [5.41, 5.74) is 0. The highest BCUT2D eigenvalue weighted by atomic mass is 31.2. The first kappa shape index (κ1) is 51.2. The second-order valence-electron chi connectivity index (χ2n) is 16.1. The molecule has 8 nitrogen and oxygen atoms in total. The molecule has 0 amide bonds. The monoisotopic (exact) mass is 760 g/mol. The lowest BCUT2D eigenvalue weighted by Crippen LogP contribution is -2.37. The van der Waals surface area contributed by atoms with Crippen LogP contribution in [0.15, 0.2) is 12.2 Å². The van der Waals surface area contributed by atoms with Crippen molar-refractivity contribution in [3.63, 3.8) is 0 Å². The maximum atomic E-state index is 12.5. The molecule has 0 spiro atoms. The normalized spacial score (nSPS) is 13.9. The van der Waals surface area contributed by atoms with Gasteiger partial charge in [0.15, 0.2) is 0 Å². The number of phosphoric ester groups is 1. The number of nitrogens with zero attached hydrogens (tertiary/aromatic N) is 1. The van der Waals surface area contributed by atoms with Gasteiger partial charge in [0, 0.05) is 13.0 Å². The SMILES string of the molecule is CCCCCCCCCC/C=C\CCCCCCCCCCCCCCOCC(COP(=O)([O-])OCC[N+](C)(C)C)OC(=O)CCCCCCCC. The van der Waals surface area contributed by atoms with Gasteiger partial charge < -0.3 is 27.9 Å². The van der Waals surface area contributed by atoms with Gasteiger partial charge in [-0.1, -0.05) is 167 Å². The second kappa shape index (κ2) is 37.2. The molecule has 0 rings (SSSR count). The molecule has 0 radical (unpaired) electrons. The summed E-state index contributed by atoms with van der Waals surface area (Å²) in [5.74, 6) is -0.341. The molecule has 0 aromatic rings. The van der Waals surface area contributed by atoms with E-state index in [9.17, 15) is 14.3 Å². The number of carbonyl (C=O) groups is 1. The fraction of sp³-hybridized carbons (Fsp3) is 0.930. The Morgan fingerprint density at radius 2 is 1.00 bits per heavy atom. The van der Waals surface area contributed by atoms with Crippen LogP contribution in [0.3, 0.4) is 0 Å². The molecule has 0 bridgehead atoms. The average molecular weight is 760 g/mol. The minimum absolute atomic E-state index is 0.0288. The lowest BCUT2D eigenvalue weighted by atomic mass is 10.0. The minimum Gasteiger partial charge on any atom is -0.756 e. The van der Waals surface area contributed by atoms with E-state index in [1.54, 1.807) is 0 Å². The van der Waals surface area contributed by atoms with Gasteiger partial charge in [-0.25, -0.2) is 0 Å². The molecule has 0 aromatic heterocycles. The third-order valence-electron chi connectivity index (χ3n) is 9.57. The molecule has 0 N–H and O–H groups in total. The molecule has 0 aromatic carbocycles. The standard InChI is InChI=1S/C43H86NO7P/c1-6-8-10-12-14-15-16-17-18-19-20-21-22-23-24-25-26-27-28-29-30-31-33-35-38-48-40-42(51-43(45)36-34-32-13-11-9-7-2)41-50-52(46,47)49-39-37-44(3,4)5/h19-20,42H,6-18,21-41H2,1-5H3/b20-19-. The first-order valence-corrected chi connectivity index (χ1v) is 23.4. The summed E-state index contributed by atoms with van der Waals surface area (Å²) in [6, 6.07) is 0. The number of rotatable bonds is 41. The van der Waals surface area contributed by atoms with E-state index < -0.39 is 13.9 Å². The second-order valence-corrected chi connectivity index (χ2v) is 17.5. The molecular weight excluding hydrogens is 673 g/mol. The van der Waals surface area contributed by atoms with E-state index in [0.717, 1.165) is 32.1 Å². The van der Waals surface area contributed by atoms with Crippen LogP contribution in [0.1, 0.15) is 200 Å². The van der Waals surface area contributed by atoms with Crippen molar-refractivity contribution >= 4 is 13.8 Å². The predicted octanol–water partition coefficient (Wildman–Crippen LogP) is 12.0. The van der Waals surface area contributed by atoms with Crippen molar-refractivity contribution in [2.24, 2.45) is 0 Å². The third kappa shape index (κ3) is 40.4. The van der Waals surface area contributed by atoms with Crippen LogP contribution in [0.25, 0.3) is 0 Å². The number of esters is 1. The number of phosphoric acid groups is 1. The number of quaternary nitrogens is 1. The zero-order chi connectivity index (χ0) is 38.4. The van der Waals surface area contributed by atoms with Crippen LogP contribution < -0.4 is 4.89 Å². The molecule has 2 atom stereocenters. The van der Waals surface area contributed by atoms with Crippen LogP contribution in [0.5, 0.6) is 0 Å². The van der Waals surface area contributed by atoms with E-state index in [-0.39, 0.29) is 25.8 Å². The van der Waals surface area contributed by atoms with Crippen molar-refractivity contribution in [2.75, 3.05) is 54.1 Å². The van der Waals surface area contributed by atoms with Crippen molar-refractivity contribution in [3.05, 3.63) is 12.2 Å². The number of ether oxygens (including phenoxy) is 2. The molecule has 0 saturated heterocycles. The van der Waals surface area contributed by atoms with Crippen LogP contribution in [-0.4, -0.2) is 70.7 Å². The fourth-order valence-electron chi connectivity index (χ4n) is 6.13. The highest BCUT2D eigenvalue weighted by Gasteiger charge is 2.20. The Morgan fingerprint density at radius 3 is 1.46 bits per heavy atom. The Labute approximate surface area is 322 Å². The van der Waals surface area contributed by atoms with Crippen molar-refractivity contribution in [1.82, 2.24) is 0 Å². The summed E-state index contributed by atoms with van der Waals surface area (Å²) in [4.78, 5) is 24.8. The Hall–Kier alpha value is -0.760. The van der Waals surface area contributed by atoms with Gasteiger partial charge in [0.05, 0.1) is 34.4 Å². The zero-order valence-corrected chi connectivity index (χ0v) is 35.9. The first-order valence-electron chi connectivity index (χ1n) is 21.9. The molecule has 52 heavy (non-hydrogen) atoms. The summed E-state index contributed by atoms with van der Waals surface area (Å²) in [6.45, 7) is 5.37. The number of likely N-dealkylation sites (N-methyl/N-ethyl adjacent to an activating group) is 1. The lowest BCUT2D eigenvalue weighted by molar-refractivity contribution is -0.870. The predicted molar refractivity (Wildman–Crippen MR) is 217 cm³/mol. The minimum atomic E-state index is -4.51. The molecule has 0 heterocycles. The molecule has 310 valence electrons. The average Bonchev–Trinajstić information content (AvgIpc) is 3.09. The van der Waals surface area contributed by atoms with Gasteiger partial charge in [0.25, 0.3) is 7.82 Å². The fourth-order valence-corrected chi connectivity index (χ4v) is 6.86. The van der Waals surface area contributed by atoms with Crippen LogP contribution in [0, 0.1) is 0 Å². The third-order valence-corrected chi connectivity index (χ3v) is 10.5. The summed E-state index contributed by atoms with van der Waals surface area (Å²) in [5, 5.41) is 0. The molecule has 9 heteroatoms. The summed E-state index contributed by atoms with van der Waals surface area (Å²) in [7, 11) is 1.36. The first-order chi connectivity index (χ1) is 25.1. The van der Waals surface area contributed by atoms with Gasteiger partial charge in [-0.2, -0.15) is 0 Å². The Morgan fingerprint density at radius 1 is 0.577 bits per heavy atom. The Kier molecular flexibility index (Phi) is 36.6.